The lowest BCUT2D eigenvalue weighted by Crippen LogP contribution is -2.22. The Labute approximate surface area is 62.4 Å². The molecular formula is C7H12FNSi. The van der Waals surface area contributed by atoms with E-state index in [1.807, 2.05) is 6.07 Å². The van der Waals surface area contributed by atoms with Crippen LogP contribution in [0.2, 0.25) is 0 Å². The van der Waals surface area contributed by atoms with Gasteiger partial charge in [-0.15, -0.1) is 0 Å². The summed E-state index contributed by atoms with van der Waals surface area (Å²) in [5.41, 5.74) is 5.42. The van der Waals surface area contributed by atoms with Gasteiger partial charge in [-0.05, 0) is 6.17 Å². The maximum atomic E-state index is 5.42. The molecule has 1 aromatic rings. The number of benzene rings is 1. The van der Waals surface area contributed by atoms with Crippen molar-refractivity contribution < 1.29 is 4.70 Å². The molecule has 0 bridgehead atoms. The predicted molar refractivity (Wildman–Crippen MR) is 46.2 cm³/mol. The summed E-state index contributed by atoms with van der Waals surface area (Å²) in [6.45, 7) is 0. The first kappa shape index (κ1) is 9.33. The second kappa shape index (κ2) is 5.14. The highest BCUT2D eigenvalue weighted by Gasteiger charge is 1.85. The molecule has 0 aliphatic rings. The molecule has 0 fully saturated rings. The van der Waals surface area contributed by atoms with Gasteiger partial charge in [0.15, 0.2) is 0 Å². The molecule has 0 amide bonds. The monoisotopic (exact) mass is 157 g/mol. The van der Waals surface area contributed by atoms with E-state index < -0.39 is 0 Å². The molecule has 0 atom stereocenters. The molecule has 0 radical (unpaired) electrons. The summed E-state index contributed by atoms with van der Waals surface area (Å²) in [4.78, 5) is 0. The van der Waals surface area contributed by atoms with Crippen molar-refractivity contribution in [1.82, 2.24) is 0 Å². The van der Waals surface area contributed by atoms with Crippen LogP contribution in [0.3, 0.4) is 0 Å². The topological polar surface area (TPSA) is 26.0 Å². The lowest BCUT2D eigenvalue weighted by Gasteiger charge is -1.93. The number of nitrogens with two attached hydrogens (primary N) is 1. The first-order valence-corrected chi connectivity index (χ1v) is 4.88. The van der Waals surface area contributed by atoms with E-state index in [0.29, 0.717) is 0 Å². The molecule has 0 spiro atoms. The van der Waals surface area contributed by atoms with Crippen LogP contribution in [-0.2, 0) is 0 Å². The maximum Gasteiger partial charge on any atom is 0.0697 e. The third-order valence-corrected chi connectivity index (χ3v) is 2.61. The Kier molecular flexibility index (Phi) is 4.79. The Hall–Kier alpha value is -0.673. The van der Waals surface area contributed by atoms with Crippen LogP contribution < -0.4 is 10.9 Å². The molecule has 3 heteroatoms. The van der Waals surface area contributed by atoms with Crippen molar-refractivity contribution in [2.75, 3.05) is 6.17 Å². The average Bonchev–Trinajstić information content (AvgIpc) is 1.91. The van der Waals surface area contributed by atoms with Gasteiger partial charge < -0.3 is 5.73 Å². The van der Waals surface area contributed by atoms with E-state index in [9.17, 15) is 0 Å². The molecule has 1 rings (SSSR count). The first-order valence-electron chi connectivity index (χ1n) is 3.17. The highest BCUT2D eigenvalue weighted by Crippen LogP contribution is 1.79. The van der Waals surface area contributed by atoms with Gasteiger partial charge in [-0.3, -0.25) is 4.70 Å². The zero-order valence-electron chi connectivity index (χ0n) is 5.79. The molecule has 0 heterocycles. The van der Waals surface area contributed by atoms with Gasteiger partial charge in [-0.25, -0.2) is 0 Å². The molecule has 0 aliphatic heterocycles. The molecule has 0 aliphatic carbocycles. The van der Waals surface area contributed by atoms with Crippen molar-refractivity contribution in [3.63, 3.8) is 0 Å². The summed E-state index contributed by atoms with van der Waals surface area (Å²) < 4.78 is 0. The standard InChI is InChI=1S/C7H11NSi.FH/c8-6-9-7-4-2-1-3-5-7;/h1-5H,6,8-9H2;1H. The molecule has 0 unspecified atom stereocenters. The Morgan fingerprint density at radius 2 is 1.80 bits per heavy atom. The molecule has 10 heavy (non-hydrogen) atoms. The highest BCUT2D eigenvalue weighted by atomic mass is 28.2. The second-order valence-electron chi connectivity index (χ2n) is 2.02. The van der Waals surface area contributed by atoms with E-state index in [-0.39, 0.29) is 14.2 Å². The molecule has 0 aromatic heterocycles. The molecule has 0 saturated carbocycles. The Bertz CT molecular complexity index is 167. The summed E-state index contributed by atoms with van der Waals surface area (Å²) >= 11 is 0. The lowest BCUT2D eigenvalue weighted by molar-refractivity contribution is 1.11. The van der Waals surface area contributed by atoms with Crippen molar-refractivity contribution in [2.45, 2.75) is 0 Å². The van der Waals surface area contributed by atoms with Crippen LogP contribution in [0.25, 0.3) is 0 Å². The van der Waals surface area contributed by atoms with Crippen molar-refractivity contribution >= 4 is 14.7 Å². The van der Waals surface area contributed by atoms with Crippen molar-refractivity contribution in [2.24, 2.45) is 5.73 Å². The largest absolute Gasteiger partial charge is 0.333 e. The molecule has 1 aromatic carbocycles. The van der Waals surface area contributed by atoms with Crippen LogP contribution in [0, 0.1) is 0 Å². The normalized spacial score (nSPS) is 9.70. The van der Waals surface area contributed by atoms with E-state index >= 15 is 0 Å². The Morgan fingerprint density at radius 3 is 2.30 bits per heavy atom. The summed E-state index contributed by atoms with van der Waals surface area (Å²) in [6.07, 6.45) is 0.879. The summed E-state index contributed by atoms with van der Waals surface area (Å²) in [5.74, 6) is 0. The van der Waals surface area contributed by atoms with Gasteiger partial charge in [-0.2, -0.15) is 0 Å². The third-order valence-electron chi connectivity index (χ3n) is 1.28. The van der Waals surface area contributed by atoms with Gasteiger partial charge in [-0.1, -0.05) is 35.5 Å². The molecule has 56 valence electrons. The smallest absolute Gasteiger partial charge is 0.0697 e. The predicted octanol–water partition coefficient (Wildman–Crippen LogP) is -0.451. The SMILES string of the molecule is F.NC[SiH2]c1ccccc1. The van der Waals surface area contributed by atoms with Gasteiger partial charge >= 0.3 is 0 Å². The summed E-state index contributed by atoms with van der Waals surface area (Å²) in [7, 11) is -0.123. The minimum atomic E-state index is -0.123. The van der Waals surface area contributed by atoms with Crippen LogP contribution in [0.4, 0.5) is 4.70 Å². The summed E-state index contributed by atoms with van der Waals surface area (Å²) in [5, 5.41) is 1.46. The number of halogens is 1. The maximum absolute atomic E-state index is 5.42. The van der Waals surface area contributed by atoms with Crippen LogP contribution in [0.1, 0.15) is 0 Å². The minimum absolute atomic E-state index is 0. The molecular weight excluding hydrogens is 145 g/mol. The molecule has 2 N–H and O–H groups in total. The van der Waals surface area contributed by atoms with Crippen molar-refractivity contribution in [3.8, 4) is 0 Å². The number of hydrogen-bond donors (Lipinski definition) is 1. The van der Waals surface area contributed by atoms with Crippen molar-refractivity contribution in [3.05, 3.63) is 30.3 Å². The highest BCUT2D eigenvalue weighted by molar-refractivity contribution is 6.53. The van der Waals surface area contributed by atoms with E-state index in [1.165, 1.54) is 5.19 Å². The van der Waals surface area contributed by atoms with Crippen LogP contribution in [-0.4, -0.2) is 15.7 Å². The van der Waals surface area contributed by atoms with Gasteiger partial charge in [0.1, 0.15) is 0 Å². The fourth-order valence-corrected chi connectivity index (χ4v) is 1.75. The van der Waals surface area contributed by atoms with Crippen LogP contribution in [0.15, 0.2) is 30.3 Å². The van der Waals surface area contributed by atoms with Gasteiger partial charge in [0.25, 0.3) is 0 Å². The summed E-state index contributed by atoms with van der Waals surface area (Å²) in [6, 6.07) is 10.5. The van der Waals surface area contributed by atoms with E-state index in [1.54, 1.807) is 0 Å². The third kappa shape index (κ3) is 2.75. The lowest BCUT2D eigenvalue weighted by atomic mass is 10.4. The minimum Gasteiger partial charge on any atom is -0.333 e. The van der Waals surface area contributed by atoms with Gasteiger partial charge in [0.05, 0.1) is 9.52 Å². The first-order chi connectivity index (χ1) is 4.43. The van der Waals surface area contributed by atoms with Crippen LogP contribution in [0.5, 0.6) is 0 Å². The van der Waals surface area contributed by atoms with Gasteiger partial charge in [0, 0.05) is 0 Å². The second-order valence-corrected chi connectivity index (χ2v) is 3.92. The van der Waals surface area contributed by atoms with Crippen molar-refractivity contribution in [1.29, 1.82) is 0 Å². The molecule has 1 nitrogen and oxygen atoms in total. The quantitative estimate of drug-likeness (QED) is 0.578. The van der Waals surface area contributed by atoms with Gasteiger partial charge in [0.2, 0.25) is 0 Å². The fourth-order valence-electron chi connectivity index (χ4n) is 0.811. The van der Waals surface area contributed by atoms with E-state index in [0.717, 1.165) is 6.17 Å². The Balaban J connectivity index is 0.000000810. The number of rotatable bonds is 2. The van der Waals surface area contributed by atoms with Crippen LogP contribution >= 0.6 is 0 Å². The average molecular weight is 157 g/mol. The van der Waals surface area contributed by atoms with E-state index in [2.05, 4.69) is 24.3 Å². The zero-order chi connectivity index (χ0) is 6.53. The Morgan fingerprint density at radius 1 is 1.20 bits per heavy atom. The fraction of sp³-hybridized carbons (Fsp3) is 0.143. The zero-order valence-corrected chi connectivity index (χ0v) is 7.20. The van der Waals surface area contributed by atoms with E-state index in [4.69, 9.17) is 5.73 Å². The molecule has 0 saturated heterocycles. The number of hydrogen-bond acceptors (Lipinski definition) is 1.